The first-order valence-electron chi connectivity index (χ1n) is 9.00. The average molecular weight is 332 g/mol. The highest BCUT2D eigenvalue weighted by Gasteiger charge is 2.54. The second-order valence-corrected chi connectivity index (χ2v) is 8.11. The van der Waals surface area contributed by atoms with Crippen LogP contribution < -0.4 is 5.32 Å². The van der Waals surface area contributed by atoms with E-state index in [2.05, 4.69) is 22.4 Å². The number of rotatable bonds is 5. The highest BCUT2D eigenvalue weighted by Crippen LogP contribution is 2.61. The summed E-state index contributed by atoms with van der Waals surface area (Å²) in [5.41, 5.74) is 0.325. The molecule has 0 aliphatic heterocycles. The number of nitrogens with zero attached hydrogens (tertiary/aromatic N) is 2. The molecule has 4 aliphatic rings. The quantitative estimate of drug-likeness (QED) is 0.639. The van der Waals surface area contributed by atoms with Crippen LogP contribution >= 0.6 is 0 Å². The van der Waals surface area contributed by atoms with Gasteiger partial charge in [0.25, 0.3) is 5.91 Å². The van der Waals surface area contributed by atoms with Crippen LogP contribution in [0.25, 0.3) is 0 Å². The summed E-state index contributed by atoms with van der Waals surface area (Å²) in [6.07, 6.45) is 8.67. The third-order valence-corrected chi connectivity index (χ3v) is 6.53. The van der Waals surface area contributed by atoms with E-state index in [1.165, 1.54) is 44.6 Å². The van der Waals surface area contributed by atoms with Crippen LogP contribution in [0, 0.1) is 33.3 Å². The molecule has 5 rings (SSSR count). The molecule has 1 heterocycles. The van der Waals surface area contributed by atoms with Crippen LogP contribution in [-0.2, 0) is 0 Å². The number of amides is 1. The fraction of sp³-hybridized carbons (Fsp3) is 0.765. The topological polar surface area (TPSA) is 101 Å². The zero-order valence-corrected chi connectivity index (χ0v) is 14.0. The fourth-order valence-electron chi connectivity index (χ4n) is 6.05. The van der Waals surface area contributed by atoms with Gasteiger partial charge in [-0.3, -0.25) is 4.79 Å². The van der Waals surface area contributed by atoms with Crippen molar-refractivity contribution in [2.24, 2.45) is 23.2 Å². The zero-order valence-electron chi connectivity index (χ0n) is 14.0. The Bertz CT molecular complexity index is 633. The Morgan fingerprint density at radius 1 is 1.38 bits per heavy atom. The minimum absolute atomic E-state index is 0.102. The first-order valence-corrected chi connectivity index (χ1v) is 9.00. The highest BCUT2D eigenvalue weighted by atomic mass is 16.6. The van der Waals surface area contributed by atoms with Gasteiger partial charge in [0.05, 0.1) is 6.07 Å². The van der Waals surface area contributed by atoms with Crippen LogP contribution in [-0.4, -0.2) is 27.1 Å². The first-order chi connectivity index (χ1) is 11.5. The molecule has 1 aromatic rings. The van der Waals surface area contributed by atoms with E-state index in [0.29, 0.717) is 0 Å². The van der Waals surface area contributed by atoms with Crippen molar-refractivity contribution in [2.75, 3.05) is 0 Å². The lowest BCUT2D eigenvalue weighted by Gasteiger charge is -2.59. The van der Waals surface area contributed by atoms with Crippen molar-refractivity contribution >= 4 is 11.7 Å². The van der Waals surface area contributed by atoms with Crippen molar-refractivity contribution in [3.8, 4) is 0 Å². The van der Waals surface area contributed by atoms with Gasteiger partial charge >= 0.3 is 5.82 Å². The van der Waals surface area contributed by atoms with Gasteiger partial charge in [-0.2, -0.15) is 0 Å². The first kappa shape index (κ1) is 15.6. The number of nitro groups is 1. The van der Waals surface area contributed by atoms with Crippen LogP contribution in [0.15, 0.2) is 6.07 Å². The largest absolute Gasteiger partial charge is 0.358 e. The minimum atomic E-state index is -0.569. The predicted octanol–water partition coefficient (Wildman–Crippen LogP) is 3.04. The Labute approximate surface area is 140 Å². The Balaban J connectivity index is 1.51. The van der Waals surface area contributed by atoms with Crippen molar-refractivity contribution in [2.45, 2.75) is 57.9 Å². The number of hydrogen-bond donors (Lipinski definition) is 2. The summed E-state index contributed by atoms with van der Waals surface area (Å²) in [7, 11) is 0. The van der Waals surface area contributed by atoms with Crippen molar-refractivity contribution in [3.63, 3.8) is 0 Å². The van der Waals surface area contributed by atoms with Crippen molar-refractivity contribution in [1.29, 1.82) is 0 Å². The van der Waals surface area contributed by atoms with Gasteiger partial charge in [0.1, 0.15) is 0 Å². The standard InChI is InChI=1S/C17H24N4O3/c1-2-14(18-16(22)13-6-15(20-19-13)21(23)24)17-7-10-3-11(8-17)5-12(4-10)9-17/h6,10-12,14H,2-5,7-9H2,1H3,(H,18,22)(H,19,20). The molecule has 0 aromatic carbocycles. The normalized spacial score (nSPS) is 35.0. The molecular formula is C17H24N4O3. The van der Waals surface area contributed by atoms with Crippen LogP contribution in [0.2, 0.25) is 0 Å². The van der Waals surface area contributed by atoms with Crippen LogP contribution in [0.4, 0.5) is 5.82 Å². The molecule has 0 spiro atoms. The molecule has 130 valence electrons. The van der Waals surface area contributed by atoms with E-state index in [9.17, 15) is 14.9 Å². The van der Waals surface area contributed by atoms with Crippen LogP contribution in [0.1, 0.15) is 62.4 Å². The molecule has 1 amide bonds. The molecule has 1 unspecified atom stereocenters. The third kappa shape index (κ3) is 2.50. The maximum absolute atomic E-state index is 12.5. The van der Waals surface area contributed by atoms with Crippen molar-refractivity contribution < 1.29 is 9.72 Å². The number of aromatic amines is 1. The van der Waals surface area contributed by atoms with Gasteiger partial charge in [-0.05, 0) is 73.0 Å². The lowest BCUT2D eigenvalue weighted by atomic mass is 9.47. The minimum Gasteiger partial charge on any atom is -0.358 e. The Morgan fingerprint density at radius 3 is 2.42 bits per heavy atom. The average Bonchev–Trinajstić information content (AvgIpc) is 3.01. The summed E-state index contributed by atoms with van der Waals surface area (Å²) in [5.74, 6) is 1.93. The molecule has 0 saturated heterocycles. The molecule has 24 heavy (non-hydrogen) atoms. The van der Waals surface area contributed by atoms with Crippen LogP contribution in [0.3, 0.4) is 0 Å². The van der Waals surface area contributed by atoms with E-state index in [4.69, 9.17) is 0 Å². The lowest BCUT2D eigenvalue weighted by molar-refractivity contribution is -0.389. The van der Waals surface area contributed by atoms with Crippen molar-refractivity contribution in [3.05, 3.63) is 21.9 Å². The van der Waals surface area contributed by atoms with Gasteiger partial charge in [0, 0.05) is 6.04 Å². The van der Waals surface area contributed by atoms with Gasteiger partial charge in [-0.15, -0.1) is 5.10 Å². The third-order valence-electron chi connectivity index (χ3n) is 6.53. The predicted molar refractivity (Wildman–Crippen MR) is 87.4 cm³/mol. The van der Waals surface area contributed by atoms with E-state index >= 15 is 0 Å². The Hall–Kier alpha value is -1.92. The zero-order chi connectivity index (χ0) is 16.9. The summed E-state index contributed by atoms with van der Waals surface area (Å²) in [6, 6.07) is 1.34. The Kier molecular flexibility index (Phi) is 3.62. The number of H-pyrrole nitrogens is 1. The molecule has 7 nitrogen and oxygen atoms in total. The van der Waals surface area contributed by atoms with E-state index in [1.807, 2.05) is 0 Å². The summed E-state index contributed by atoms with van der Waals surface area (Å²) >= 11 is 0. The molecule has 1 atom stereocenters. The highest BCUT2D eigenvalue weighted by molar-refractivity contribution is 5.93. The maximum Gasteiger partial charge on any atom is 0.343 e. The monoisotopic (exact) mass is 332 g/mol. The van der Waals surface area contributed by atoms with Gasteiger partial charge in [-0.25, -0.2) is 0 Å². The molecule has 4 saturated carbocycles. The number of hydrogen-bond acceptors (Lipinski definition) is 4. The SMILES string of the molecule is CCC(NC(=O)c1cc([N+](=O)[O-])[nH]n1)C12CC3CC(CC(C3)C1)C2. The number of carbonyl (C=O) groups is 1. The summed E-state index contributed by atoms with van der Waals surface area (Å²) in [6.45, 7) is 2.12. The van der Waals surface area contributed by atoms with Gasteiger partial charge in [-0.1, -0.05) is 12.0 Å². The molecular weight excluding hydrogens is 308 g/mol. The molecule has 0 radical (unpaired) electrons. The summed E-state index contributed by atoms with van der Waals surface area (Å²) < 4.78 is 0. The molecule has 2 N–H and O–H groups in total. The summed E-state index contributed by atoms with van der Waals surface area (Å²) in [4.78, 5) is 22.7. The van der Waals surface area contributed by atoms with E-state index in [0.717, 1.165) is 24.2 Å². The number of carbonyl (C=O) groups excluding carboxylic acids is 1. The summed E-state index contributed by atoms with van der Waals surface area (Å²) in [5, 5.41) is 20.0. The Morgan fingerprint density at radius 2 is 1.96 bits per heavy atom. The van der Waals surface area contributed by atoms with E-state index in [1.54, 1.807) is 0 Å². The molecule has 4 fully saturated rings. The van der Waals surface area contributed by atoms with Gasteiger partial charge in [0.15, 0.2) is 5.69 Å². The van der Waals surface area contributed by atoms with Crippen LogP contribution in [0.5, 0.6) is 0 Å². The maximum atomic E-state index is 12.5. The number of aromatic nitrogens is 2. The number of nitrogens with one attached hydrogen (secondary N) is 2. The smallest absolute Gasteiger partial charge is 0.343 e. The van der Waals surface area contributed by atoms with Crippen molar-refractivity contribution in [1.82, 2.24) is 15.5 Å². The second-order valence-electron chi connectivity index (χ2n) is 8.11. The van der Waals surface area contributed by atoms with E-state index in [-0.39, 0.29) is 28.9 Å². The second kappa shape index (κ2) is 5.57. The van der Waals surface area contributed by atoms with Gasteiger partial charge in [0.2, 0.25) is 0 Å². The van der Waals surface area contributed by atoms with Gasteiger partial charge < -0.3 is 15.4 Å². The molecule has 4 bridgehead atoms. The lowest BCUT2D eigenvalue weighted by Crippen LogP contribution is -2.56. The van der Waals surface area contributed by atoms with E-state index < -0.39 is 4.92 Å². The fourth-order valence-corrected chi connectivity index (χ4v) is 6.05. The molecule has 7 heteroatoms. The molecule has 1 aromatic heterocycles. The molecule has 4 aliphatic carbocycles.